The van der Waals surface area contributed by atoms with E-state index in [1.165, 1.54) is 24.8 Å². The maximum absolute atomic E-state index is 13.1. The lowest BCUT2D eigenvalue weighted by Gasteiger charge is -2.36. The SMILES string of the molecule is CCC1CCCCN1C(=O)C(C)Sc1nnc(C2CC2)n1Cc1ccccc1. The molecule has 2 aromatic rings. The number of likely N-dealkylation sites (tertiary alicyclic amines) is 1. The van der Waals surface area contributed by atoms with Crippen LogP contribution in [0.2, 0.25) is 0 Å². The third-order valence-corrected chi connectivity index (χ3v) is 6.95. The zero-order valence-corrected chi connectivity index (χ0v) is 17.7. The van der Waals surface area contributed by atoms with Crippen molar-refractivity contribution in [2.24, 2.45) is 0 Å². The fourth-order valence-corrected chi connectivity index (χ4v) is 5.03. The van der Waals surface area contributed by atoms with Crippen LogP contribution in [0.4, 0.5) is 0 Å². The lowest BCUT2D eigenvalue weighted by molar-refractivity contribution is -0.134. The highest BCUT2D eigenvalue weighted by Gasteiger charge is 2.33. The van der Waals surface area contributed by atoms with Crippen molar-refractivity contribution in [1.82, 2.24) is 19.7 Å². The standard InChI is InChI=1S/C22H30N4OS/c1-3-19-11-7-8-14-25(19)21(27)16(2)28-22-24-23-20(18-12-13-18)26(22)15-17-9-5-4-6-10-17/h4-6,9-10,16,18-19H,3,7-8,11-15H2,1-2H3. The molecule has 1 saturated carbocycles. The fraction of sp³-hybridized carbons (Fsp3) is 0.591. The molecule has 0 radical (unpaired) electrons. The maximum atomic E-state index is 13.1. The first-order chi connectivity index (χ1) is 13.7. The molecule has 2 aliphatic rings. The van der Waals surface area contributed by atoms with E-state index in [-0.39, 0.29) is 11.2 Å². The first-order valence-corrected chi connectivity index (χ1v) is 11.5. The molecule has 0 N–H and O–H groups in total. The van der Waals surface area contributed by atoms with Crippen molar-refractivity contribution in [2.75, 3.05) is 6.54 Å². The number of benzene rings is 1. The van der Waals surface area contributed by atoms with Gasteiger partial charge < -0.3 is 9.47 Å². The molecule has 4 rings (SSSR count). The molecule has 2 fully saturated rings. The van der Waals surface area contributed by atoms with E-state index in [2.05, 4.69) is 50.9 Å². The van der Waals surface area contributed by atoms with Gasteiger partial charge in [0.2, 0.25) is 5.91 Å². The van der Waals surface area contributed by atoms with Gasteiger partial charge in [0.05, 0.1) is 11.8 Å². The number of aromatic nitrogens is 3. The average molecular weight is 399 g/mol. The molecule has 0 spiro atoms. The Labute approximate surface area is 171 Å². The van der Waals surface area contributed by atoms with Crippen molar-refractivity contribution < 1.29 is 4.79 Å². The van der Waals surface area contributed by atoms with Gasteiger partial charge in [0, 0.05) is 18.5 Å². The lowest BCUT2D eigenvalue weighted by Crippen LogP contribution is -2.46. The van der Waals surface area contributed by atoms with E-state index >= 15 is 0 Å². The van der Waals surface area contributed by atoms with Crippen LogP contribution in [0.5, 0.6) is 0 Å². The fourth-order valence-electron chi connectivity index (χ4n) is 4.10. The van der Waals surface area contributed by atoms with Crippen LogP contribution in [-0.2, 0) is 11.3 Å². The predicted molar refractivity (Wildman–Crippen MR) is 113 cm³/mol. The van der Waals surface area contributed by atoms with Crippen LogP contribution >= 0.6 is 11.8 Å². The van der Waals surface area contributed by atoms with E-state index in [4.69, 9.17) is 0 Å². The summed E-state index contributed by atoms with van der Waals surface area (Å²) in [6.07, 6.45) is 6.92. The van der Waals surface area contributed by atoms with Crippen LogP contribution in [0.25, 0.3) is 0 Å². The van der Waals surface area contributed by atoms with Gasteiger partial charge in [-0.05, 0) is 51.0 Å². The molecule has 5 nitrogen and oxygen atoms in total. The lowest BCUT2D eigenvalue weighted by atomic mass is 10.00. The van der Waals surface area contributed by atoms with Gasteiger partial charge in [-0.15, -0.1) is 10.2 Å². The van der Waals surface area contributed by atoms with Gasteiger partial charge in [-0.1, -0.05) is 49.0 Å². The summed E-state index contributed by atoms with van der Waals surface area (Å²) in [6, 6.07) is 10.8. The first-order valence-electron chi connectivity index (χ1n) is 10.6. The smallest absolute Gasteiger partial charge is 0.236 e. The minimum atomic E-state index is -0.141. The molecule has 1 aromatic heterocycles. The van der Waals surface area contributed by atoms with E-state index < -0.39 is 0 Å². The van der Waals surface area contributed by atoms with Crippen molar-refractivity contribution in [2.45, 2.75) is 81.3 Å². The molecule has 1 aromatic carbocycles. The molecule has 150 valence electrons. The Morgan fingerprint density at radius 2 is 1.96 bits per heavy atom. The van der Waals surface area contributed by atoms with Crippen LogP contribution in [0.1, 0.15) is 69.7 Å². The van der Waals surface area contributed by atoms with Gasteiger partial charge in [0.25, 0.3) is 0 Å². The summed E-state index contributed by atoms with van der Waals surface area (Å²) in [7, 11) is 0. The van der Waals surface area contributed by atoms with Gasteiger partial charge in [-0.3, -0.25) is 4.79 Å². The number of thioether (sulfide) groups is 1. The van der Waals surface area contributed by atoms with Crippen LogP contribution in [0.3, 0.4) is 0 Å². The summed E-state index contributed by atoms with van der Waals surface area (Å²) in [4.78, 5) is 15.3. The highest BCUT2D eigenvalue weighted by atomic mass is 32.2. The van der Waals surface area contributed by atoms with Gasteiger partial charge >= 0.3 is 0 Å². The minimum absolute atomic E-state index is 0.141. The highest BCUT2D eigenvalue weighted by molar-refractivity contribution is 8.00. The summed E-state index contributed by atoms with van der Waals surface area (Å²) in [6.45, 7) is 5.87. The third kappa shape index (κ3) is 4.27. The Kier molecular flexibility index (Phi) is 6.04. The molecule has 1 aliphatic heterocycles. The quantitative estimate of drug-likeness (QED) is 0.646. The van der Waals surface area contributed by atoms with Crippen LogP contribution < -0.4 is 0 Å². The zero-order chi connectivity index (χ0) is 19.5. The second-order valence-electron chi connectivity index (χ2n) is 8.04. The Bertz CT molecular complexity index is 802. The van der Waals surface area contributed by atoms with E-state index in [0.717, 1.165) is 43.3 Å². The summed E-state index contributed by atoms with van der Waals surface area (Å²) in [5.74, 6) is 1.86. The summed E-state index contributed by atoms with van der Waals surface area (Å²) in [5, 5.41) is 9.71. The highest BCUT2D eigenvalue weighted by Crippen LogP contribution is 2.40. The van der Waals surface area contributed by atoms with Gasteiger partial charge in [0.15, 0.2) is 5.16 Å². The van der Waals surface area contributed by atoms with Crippen molar-refractivity contribution in [3.05, 3.63) is 41.7 Å². The molecule has 1 aliphatic carbocycles. The largest absolute Gasteiger partial charge is 0.339 e. The second kappa shape index (κ2) is 8.68. The Morgan fingerprint density at radius 1 is 1.18 bits per heavy atom. The molecule has 2 atom stereocenters. The van der Waals surface area contributed by atoms with Gasteiger partial charge in [-0.2, -0.15) is 0 Å². The predicted octanol–water partition coefficient (Wildman–Crippen LogP) is 4.48. The number of hydrogen-bond donors (Lipinski definition) is 0. The number of hydrogen-bond acceptors (Lipinski definition) is 4. The van der Waals surface area contributed by atoms with Crippen molar-refractivity contribution >= 4 is 17.7 Å². The monoisotopic (exact) mass is 398 g/mol. The van der Waals surface area contributed by atoms with Crippen LogP contribution in [-0.4, -0.2) is 43.4 Å². The first kappa shape index (κ1) is 19.5. The van der Waals surface area contributed by atoms with E-state index in [0.29, 0.717) is 12.0 Å². The van der Waals surface area contributed by atoms with Crippen molar-refractivity contribution in [3.63, 3.8) is 0 Å². The van der Waals surface area contributed by atoms with E-state index in [1.807, 2.05) is 13.0 Å². The second-order valence-corrected chi connectivity index (χ2v) is 9.34. The Morgan fingerprint density at radius 3 is 2.68 bits per heavy atom. The molecule has 0 bridgehead atoms. The molecule has 2 unspecified atom stereocenters. The molecular formula is C22H30N4OS. The number of amides is 1. The average Bonchev–Trinajstić information content (AvgIpc) is 3.51. The summed E-state index contributed by atoms with van der Waals surface area (Å²) < 4.78 is 2.23. The van der Waals surface area contributed by atoms with E-state index in [1.54, 1.807) is 11.8 Å². The minimum Gasteiger partial charge on any atom is -0.339 e. The summed E-state index contributed by atoms with van der Waals surface area (Å²) in [5.41, 5.74) is 1.24. The molecule has 6 heteroatoms. The molecule has 2 heterocycles. The maximum Gasteiger partial charge on any atom is 0.236 e. The van der Waals surface area contributed by atoms with Gasteiger partial charge in [-0.25, -0.2) is 0 Å². The number of carbonyl (C=O) groups is 1. The number of piperidine rings is 1. The molecule has 1 saturated heterocycles. The normalized spacial score (nSPS) is 20.9. The molecule has 28 heavy (non-hydrogen) atoms. The number of carbonyl (C=O) groups excluding carboxylic acids is 1. The Balaban J connectivity index is 1.51. The zero-order valence-electron chi connectivity index (χ0n) is 16.9. The number of nitrogens with zero attached hydrogens (tertiary/aromatic N) is 4. The molecule has 1 amide bonds. The Hall–Kier alpha value is -1.82. The van der Waals surface area contributed by atoms with E-state index in [9.17, 15) is 4.79 Å². The van der Waals surface area contributed by atoms with Gasteiger partial charge in [0.1, 0.15) is 5.82 Å². The van der Waals surface area contributed by atoms with Crippen molar-refractivity contribution in [1.29, 1.82) is 0 Å². The summed E-state index contributed by atoms with van der Waals surface area (Å²) >= 11 is 1.57. The third-order valence-electron chi connectivity index (χ3n) is 5.88. The topological polar surface area (TPSA) is 51.0 Å². The molecular weight excluding hydrogens is 368 g/mol. The van der Waals surface area contributed by atoms with Crippen LogP contribution in [0.15, 0.2) is 35.5 Å². The number of rotatable bonds is 7. The van der Waals surface area contributed by atoms with Crippen molar-refractivity contribution in [3.8, 4) is 0 Å². The van der Waals surface area contributed by atoms with Crippen LogP contribution in [0, 0.1) is 0 Å².